The zero-order valence-corrected chi connectivity index (χ0v) is 15.0. The number of sulfone groups is 1. The second-order valence-electron chi connectivity index (χ2n) is 6.02. The summed E-state index contributed by atoms with van der Waals surface area (Å²) >= 11 is 5.83. The van der Waals surface area contributed by atoms with Crippen LogP contribution in [-0.2, 0) is 16.4 Å². The largest absolute Gasteiger partial charge is 0.380 e. The minimum atomic E-state index is -2.96. The number of carbonyl (C=O) groups excluding carboxylic acids is 1. The Labute approximate surface area is 151 Å². The Morgan fingerprint density at radius 3 is 2.68 bits per heavy atom. The van der Waals surface area contributed by atoms with E-state index in [4.69, 9.17) is 11.6 Å². The molecule has 1 saturated heterocycles. The van der Waals surface area contributed by atoms with Gasteiger partial charge < -0.3 is 10.6 Å². The fourth-order valence-corrected chi connectivity index (χ4v) is 4.47. The van der Waals surface area contributed by atoms with E-state index in [1.54, 1.807) is 24.4 Å². The van der Waals surface area contributed by atoms with E-state index in [0.717, 1.165) is 5.56 Å². The van der Waals surface area contributed by atoms with Crippen molar-refractivity contribution in [1.29, 1.82) is 0 Å². The van der Waals surface area contributed by atoms with Crippen LogP contribution >= 0.6 is 11.6 Å². The van der Waals surface area contributed by atoms with E-state index in [9.17, 15) is 13.2 Å². The molecule has 2 heterocycles. The van der Waals surface area contributed by atoms with Crippen molar-refractivity contribution in [2.24, 2.45) is 0 Å². The zero-order valence-electron chi connectivity index (χ0n) is 13.4. The van der Waals surface area contributed by atoms with Crippen LogP contribution in [0.1, 0.15) is 22.3 Å². The first-order valence-electron chi connectivity index (χ1n) is 7.86. The van der Waals surface area contributed by atoms with Crippen molar-refractivity contribution in [1.82, 2.24) is 10.3 Å². The monoisotopic (exact) mass is 379 g/mol. The maximum atomic E-state index is 12.3. The molecule has 1 aliphatic rings. The van der Waals surface area contributed by atoms with E-state index < -0.39 is 9.84 Å². The van der Waals surface area contributed by atoms with Crippen molar-refractivity contribution in [2.45, 2.75) is 19.0 Å². The van der Waals surface area contributed by atoms with E-state index in [1.807, 2.05) is 12.1 Å². The number of rotatable bonds is 5. The van der Waals surface area contributed by atoms with Crippen molar-refractivity contribution >= 4 is 33.0 Å². The molecule has 0 spiro atoms. The van der Waals surface area contributed by atoms with Gasteiger partial charge in [0, 0.05) is 30.0 Å². The van der Waals surface area contributed by atoms with Gasteiger partial charge in [0.25, 0.3) is 5.91 Å². The molecule has 1 atom stereocenters. The van der Waals surface area contributed by atoms with Crippen LogP contribution in [0.25, 0.3) is 0 Å². The number of amides is 1. The number of hydrogen-bond acceptors (Lipinski definition) is 5. The highest BCUT2D eigenvalue weighted by Gasteiger charge is 2.27. The van der Waals surface area contributed by atoms with Gasteiger partial charge in [-0.2, -0.15) is 0 Å². The summed E-state index contributed by atoms with van der Waals surface area (Å²) in [5.41, 5.74) is 2.00. The average Bonchev–Trinajstić information content (AvgIpc) is 2.93. The van der Waals surface area contributed by atoms with Crippen LogP contribution in [0.5, 0.6) is 0 Å². The fourth-order valence-electron chi connectivity index (χ4n) is 2.67. The SMILES string of the molecule is O=C(NCc1ccc(Cl)cc1)c1cncc(NC2CCS(=O)(=O)C2)c1. The molecule has 25 heavy (non-hydrogen) atoms. The van der Waals surface area contributed by atoms with Crippen LogP contribution in [0.15, 0.2) is 42.7 Å². The van der Waals surface area contributed by atoms with Crippen molar-refractivity contribution in [3.05, 3.63) is 58.9 Å². The zero-order chi connectivity index (χ0) is 17.9. The molecule has 2 N–H and O–H groups in total. The van der Waals surface area contributed by atoms with E-state index in [1.165, 1.54) is 6.20 Å². The molecule has 1 fully saturated rings. The lowest BCUT2D eigenvalue weighted by atomic mass is 10.2. The minimum Gasteiger partial charge on any atom is -0.380 e. The predicted molar refractivity (Wildman–Crippen MR) is 97.5 cm³/mol. The summed E-state index contributed by atoms with van der Waals surface area (Å²) in [5.74, 6) is 0.0597. The third-order valence-electron chi connectivity index (χ3n) is 3.97. The molecule has 1 aliphatic heterocycles. The van der Waals surface area contributed by atoms with Crippen molar-refractivity contribution in [3.63, 3.8) is 0 Å². The minimum absolute atomic E-state index is 0.111. The molecule has 1 aromatic heterocycles. The van der Waals surface area contributed by atoms with Gasteiger partial charge in [-0.25, -0.2) is 8.42 Å². The summed E-state index contributed by atoms with van der Waals surface area (Å²) in [7, 11) is -2.96. The second-order valence-corrected chi connectivity index (χ2v) is 8.68. The molecule has 3 rings (SSSR count). The third-order valence-corrected chi connectivity index (χ3v) is 5.99. The lowest BCUT2D eigenvalue weighted by Gasteiger charge is -2.13. The summed E-state index contributed by atoms with van der Waals surface area (Å²) in [4.78, 5) is 16.3. The van der Waals surface area contributed by atoms with Gasteiger partial charge in [0.2, 0.25) is 0 Å². The Morgan fingerprint density at radius 1 is 1.24 bits per heavy atom. The molecular weight excluding hydrogens is 362 g/mol. The van der Waals surface area contributed by atoms with Crippen molar-refractivity contribution in [2.75, 3.05) is 16.8 Å². The molecule has 2 aromatic rings. The molecule has 0 bridgehead atoms. The van der Waals surface area contributed by atoms with E-state index in [-0.39, 0.29) is 23.5 Å². The first-order chi connectivity index (χ1) is 11.9. The molecule has 1 unspecified atom stereocenters. The van der Waals surface area contributed by atoms with Gasteiger partial charge in [-0.1, -0.05) is 23.7 Å². The van der Waals surface area contributed by atoms with Gasteiger partial charge >= 0.3 is 0 Å². The third kappa shape index (κ3) is 4.93. The quantitative estimate of drug-likeness (QED) is 0.831. The average molecular weight is 380 g/mol. The van der Waals surface area contributed by atoms with Crippen LogP contribution in [0.3, 0.4) is 0 Å². The Kier molecular flexibility index (Phi) is 5.24. The Bertz CT molecular complexity index is 869. The highest BCUT2D eigenvalue weighted by atomic mass is 35.5. The second kappa shape index (κ2) is 7.41. The topological polar surface area (TPSA) is 88.2 Å². The van der Waals surface area contributed by atoms with Crippen molar-refractivity contribution in [3.8, 4) is 0 Å². The molecule has 0 saturated carbocycles. The normalized spacial score (nSPS) is 18.7. The molecule has 8 heteroatoms. The van der Waals surface area contributed by atoms with Gasteiger partial charge in [0.15, 0.2) is 9.84 Å². The standard InChI is InChI=1S/C17H18ClN3O3S/c18-14-3-1-12(2-4-14)8-20-17(22)13-7-16(10-19-9-13)21-15-5-6-25(23,24)11-15/h1-4,7,9-10,15,21H,5-6,8,11H2,(H,20,22). The van der Waals surface area contributed by atoms with Crippen molar-refractivity contribution < 1.29 is 13.2 Å². The van der Waals surface area contributed by atoms with Gasteiger partial charge in [-0.05, 0) is 30.2 Å². The predicted octanol–water partition coefficient (Wildman–Crippen LogP) is 2.26. The Balaban J connectivity index is 1.60. The first-order valence-corrected chi connectivity index (χ1v) is 10.1. The Morgan fingerprint density at radius 2 is 2.00 bits per heavy atom. The fraction of sp³-hybridized carbons (Fsp3) is 0.294. The number of nitrogens with zero attached hydrogens (tertiary/aromatic N) is 1. The molecule has 0 aliphatic carbocycles. The lowest BCUT2D eigenvalue weighted by molar-refractivity contribution is 0.0950. The van der Waals surface area contributed by atoms with Gasteiger partial charge in [0.1, 0.15) is 0 Å². The Hall–Kier alpha value is -2.12. The van der Waals surface area contributed by atoms with Gasteiger partial charge in [-0.3, -0.25) is 9.78 Å². The summed E-state index contributed by atoms with van der Waals surface area (Å²) in [5, 5.41) is 6.60. The van der Waals surface area contributed by atoms with Crippen LogP contribution in [0, 0.1) is 0 Å². The summed E-state index contributed by atoms with van der Waals surface area (Å²) in [6.45, 7) is 0.383. The van der Waals surface area contributed by atoms with Crippen LogP contribution in [0.4, 0.5) is 5.69 Å². The summed E-state index contributed by atoms with van der Waals surface area (Å²) < 4.78 is 23.0. The summed E-state index contributed by atoms with van der Waals surface area (Å²) in [6.07, 6.45) is 3.63. The number of pyridine rings is 1. The first kappa shape index (κ1) is 17.7. The number of carbonyl (C=O) groups is 1. The smallest absolute Gasteiger partial charge is 0.253 e. The molecule has 0 radical (unpaired) electrons. The number of hydrogen-bond donors (Lipinski definition) is 2. The van der Waals surface area contributed by atoms with Crippen LogP contribution in [-0.4, -0.2) is 36.9 Å². The molecule has 1 amide bonds. The highest BCUT2D eigenvalue weighted by molar-refractivity contribution is 7.91. The maximum Gasteiger partial charge on any atom is 0.253 e. The number of halogens is 1. The highest BCUT2D eigenvalue weighted by Crippen LogP contribution is 2.18. The molecule has 132 valence electrons. The molecule has 6 nitrogen and oxygen atoms in total. The lowest BCUT2D eigenvalue weighted by Crippen LogP contribution is -2.24. The van der Waals surface area contributed by atoms with Gasteiger partial charge in [-0.15, -0.1) is 0 Å². The van der Waals surface area contributed by atoms with E-state index >= 15 is 0 Å². The van der Waals surface area contributed by atoms with Crippen LogP contribution < -0.4 is 10.6 Å². The number of benzene rings is 1. The maximum absolute atomic E-state index is 12.3. The number of aromatic nitrogens is 1. The number of anilines is 1. The molecular formula is C17H18ClN3O3S. The van der Waals surface area contributed by atoms with Gasteiger partial charge in [0.05, 0.1) is 22.8 Å². The molecule has 1 aromatic carbocycles. The summed E-state index contributed by atoms with van der Waals surface area (Å²) in [6, 6.07) is 8.77. The van der Waals surface area contributed by atoms with E-state index in [2.05, 4.69) is 15.6 Å². The van der Waals surface area contributed by atoms with E-state index in [0.29, 0.717) is 29.2 Å². The van der Waals surface area contributed by atoms with Crippen LogP contribution in [0.2, 0.25) is 5.02 Å². The number of nitrogens with one attached hydrogen (secondary N) is 2.